The zero-order chi connectivity index (χ0) is 25.6. The zero-order valence-corrected chi connectivity index (χ0v) is 21.3. The molecule has 1 aliphatic heterocycles. The Morgan fingerprint density at radius 2 is 1.84 bits per heavy atom. The van der Waals surface area contributed by atoms with Crippen molar-refractivity contribution in [2.75, 3.05) is 19.8 Å². The van der Waals surface area contributed by atoms with Crippen LogP contribution in [0.25, 0.3) is 11.5 Å². The lowest BCUT2D eigenvalue weighted by Crippen LogP contribution is -2.37. The number of hydrogen-bond acceptors (Lipinski definition) is 6. The highest BCUT2D eigenvalue weighted by atomic mass is 16.5. The van der Waals surface area contributed by atoms with Crippen LogP contribution in [0.5, 0.6) is 5.75 Å². The minimum atomic E-state index is -0.200. The Kier molecular flexibility index (Phi) is 7.87. The van der Waals surface area contributed by atoms with Gasteiger partial charge in [-0.1, -0.05) is 37.1 Å². The minimum Gasteiger partial charge on any atom is -0.493 e. The summed E-state index contributed by atoms with van der Waals surface area (Å²) in [6.45, 7) is 3.36. The van der Waals surface area contributed by atoms with E-state index in [1.165, 1.54) is 0 Å². The molecule has 194 valence electrons. The number of benzene rings is 2. The molecule has 0 radical (unpaired) electrons. The van der Waals surface area contributed by atoms with E-state index in [4.69, 9.17) is 13.9 Å². The van der Waals surface area contributed by atoms with Crippen LogP contribution in [0.4, 0.5) is 0 Å². The first kappa shape index (κ1) is 25.1. The summed E-state index contributed by atoms with van der Waals surface area (Å²) >= 11 is 0. The van der Waals surface area contributed by atoms with Crippen molar-refractivity contribution in [3.63, 3.8) is 0 Å². The molecule has 3 aromatic rings. The van der Waals surface area contributed by atoms with Crippen molar-refractivity contribution in [3.05, 3.63) is 71.1 Å². The van der Waals surface area contributed by atoms with Crippen molar-refractivity contribution < 1.29 is 23.5 Å². The predicted octanol–water partition coefficient (Wildman–Crippen LogP) is 5.30. The van der Waals surface area contributed by atoms with Gasteiger partial charge in [0.25, 0.3) is 5.91 Å². The maximum Gasteiger partial charge on any atom is 0.306 e. The maximum absolute atomic E-state index is 13.2. The van der Waals surface area contributed by atoms with E-state index in [9.17, 15) is 9.59 Å². The Balaban J connectivity index is 1.26. The summed E-state index contributed by atoms with van der Waals surface area (Å²) in [5, 5.41) is 3.14. The number of amides is 1. The van der Waals surface area contributed by atoms with Gasteiger partial charge in [0.2, 0.25) is 5.89 Å². The number of aryl methyl sites for hydroxylation is 2. The van der Waals surface area contributed by atoms with E-state index in [2.05, 4.69) is 10.3 Å². The predicted molar refractivity (Wildman–Crippen MR) is 139 cm³/mol. The molecule has 2 unspecified atom stereocenters. The Morgan fingerprint density at radius 3 is 2.68 bits per heavy atom. The van der Waals surface area contributed by atoms with Gasteiger partial charge in [0.15, 0.2) is 0 Å². The van der Waals surface area contributed by atoms with E-state index >= 15 is 0 Å². The molecule has 37 heavy (non-hydrogen) atoms. The summed E-state index contributed by atoms with van der Waals surface area (Å²) in [4.78, 5) is 30.2. The molecular formula is C30H34N2O5. The largest absolute Gasteiger partial charge is 0.493 e. The van der Waals surface area contributed by atoms with Crippen LogP contribution in [0.3, 0.4) is 0 Å². The van der Waals surface area contributed by atoms with Gasteiger partial charge in [0, 0.05) is 30.5 Å². The van der Waals surface area contributed by atoms with E-state index in [0.717, 1.165) is 48.3 Å². The van der Waals surface area contributed by atoms with Crippen molar-refractivity contribution in [3.8, 4) is 17.2 Å². The molecule has 1 fully saturated rings. The summed E-state index contributed by atoms with van der Waals surface area (Å²) in [6, 6.07) is 15.3. The van der Waals surface area contributed by atoms with Gasteiger partial charge in [0.1, 0.15) is 11.5 Å². The summed E-state index contributed by atoms with van der Waals surface area (Å²) < 4.78 is 17.5. The Hall–Kier alpha value is -3.61. The fourth-order valence-corrected chi connectivity index (χ4v) is 5.30. The fraction of sp³-hybridized carbons (Fsp3) is 0.433. The molecule has 1 N–H and O–H groups in total. The molecule has 1 amide bonds. The first-order chi connectivity index (χ1) is 18.1. The van der Waals surface area contributed by atoms with Crippen molar-refractivity contribution in [2.24, 2.45) is 11.8 Å². The van der Waals surface area contributed by atoms with Gasteiger partial charge in [-0.3, -0.25) is 9.59 Å². The van der Waals surface area contributed by atoms with Gasteiger partial charge in [-0.15, -0.1) is 0 Å². The second-order valence-corrected chi connectivity index (χ2v) is 10.0. The van der Waals surface area contributed by atoms with Gasteiger partial charge >= 0.3 is 5.97 Å². The molecule has 5 rings (SSSR count). The molecule has 2 aromatic carbocycles. The molecule has 0 spiro atoms. The SMILES string of the molecule is Cc1oc(-c2ccccc2)nc1CCOc1ccc2c(c1)C(=O)NCC1CCCCC1COC(=O)CC2. The first-order valence-electron chi connectivity index (χ1n) is 13.3. The smallest absolute Gasteiger partial charge is 0.306 e. The Labute approximate surface area is 217 Å². The Morgan fingerprint density at radius 1 is 1.03 bits per heavy atom. The topological polar surface area (TPSA) is 90.7 Å². The van der Waals surface area contributed by atoms with E-state index in [-0.39, 0.29) is 18.3 Å². The normalized spacial score (nSPS) is 20.5. The van der Waals surface area contributed by atoms with Gasteiger partial charge in [0.05, 0.1) is 18.9 Å². The number of carbonyl (C=O) groups excluding carboxylic acids is 2. The number of ether oxygens (including phenoxy) is 2. The second kappa shape index (κ2) is 11.6. The number of cyclic esters (lactones) is 1. The summed E-state index contributed by atoms with van der Waals surface area (Å²) in [6.07, 6.45) is 5.69. The average Bonchev–Trinajstić information content (AvgIpc) is 3.30. The van der Waals surface area contributed by atoms with Gasteiger partial charge in [-0.2, -0.15) is 0 Å². The van der Waals surface area contributed by atoms with Crippen LogP contribution < -0.4 is 10.1 Å². The van der Waals surface area contributed by atoms with Crippen LogP contribution in [0.2, 0.25) is 0 Å². The number of fused-ring (bicyclic) bond motifs is 2. The summed E-state index contributed by atoms with van der Waals surface area (Å²) in [5.41, 5.74) is 3.17. The highest BCUT2D eigenvalue weighted by molar-refractivity contribution is 5.96. The molecular weight excluding hydrogens is 468 g/mol. The van der Waals surface area contributed by atoms with Crippen LogP contribution in [0.1, 0.15) is 59.5 Å². The first-order valence-corrected chi connectivity index (χ1v) is 13.3. The number of aromatic nitrogens is 1. The quantitative estimate of drug-likeness (QED) is 0.477. The van der Waals surface area contributed by atoms with Crippen molar-refractivity contribution >= 4 is 11.9 Å². The number of rotatable bonds is 5. The van der Waals surface area contributed by atoms with Gasteiger partial charge < -0.3 is 19.2 Å². The summed E-state index contributed by atoms with van der Waals surface area (Å²) in [5.74, 6) is 2.32. The highest BCUT2D eigenvalue weighted by Gasteiger charge is 2.28. The highest BCUT2D eigenvalue weighted by Crippen LogP contribution is 2.31. The van der Waals surface area contributed by atoms with E-state index in [1.54, 1.807) is 6.07 Å². The lowest BCUT2D eigenvalue weighted by molar-refractivity contribution is -0.146. The number of esters is 1. The van der Waals surface area contributed by atoms with Crippen LogP contribution in [0.15, 0.2) is 52.9 Å². The van der Waals surface area contributed by atoms with E-state index in [1.807, 2.05) is 49.4 Å². The van der Waals surface area contributed by atoms with Crippen molar-refractivity contribution in [1.29, 1.82) is 0 Å². The van der Waals surface area contributed by atoms with Crippen LogP contribution in [0, 0.1) is 18.8 Å². The lowest BCUT2D eigenvalue weighted by Gasteiger charge is -2.31. The van der Waals surface area contributed by atoms with E-state index < -0.39 is 0 Å². The molecule has 7 nitrogen and oxygen atoms in total. The standard InChI is InChI=1S/C30H34N2O5/c1-20-27(32-30(37-20)22-7-3-2-4-8-22)15-16-35-25-13-11-21-12-14-28(33)36-19-24-10-6-5-9-23(24)18-31-29(34)26(21)17-25/h2-4,7-8,11,13,17,23-24H,5-6,9-10,12,14-16,18-19H2,1H3,(H,31,34). The number of nitrogens with zero attached hydrogens (tertiary/aromatic N) is 1. The second-order valence-electron chi connectivity index (χ2n) is 10.0. The molecule has 0 bridgehead atoms. The van der Waals surface area contributed by atoms with Crippen molar-refractivity contribution in [2.45, 2.75) is 51.9 Å². The zero-order valence-electron chi connectivity index (χ0n) is 21.3. The maximum atomic E-state index is 13.2. The third-order valence-electron chi connectivity index (χ3n) is 7.50. The number of oxazole rings is 1. The lowest BCUT2D eigenvalue weighted by atomic mass is 9.79. The molecule has 2 heterocycles. The summed E-state index contributed by atoms with van der Waals surface area (Å²) in [7, 11) is 0. The van der Waals surface area contributed by atoms with E-state index in [0.29, 0.717) is 61.6 Å². The Bertz CT molecular complexity index is 1240. The molecule has 2 atom stereocenters. The monoisotopic (exact) mass is 502 g/mol. The molecule has 1 aliphatic carbocycles. The number of nitrogens with one attached hydrogen (secondary N) is 1. The third kappa shape index (κ3) is 6.21. The van der Waals surface area contributed by atoms with Gasteiger partial charge in [-0.25, -0.2) is 4.98 Å². The molecule has 2 aliphatic rings. The molecule has 0 saturated heterocycles. The fourth-order valence-electron chi connectivity index (χ4n) is 5.30. The van der Waals surface area contributed by atoms with Gasteiger partial charge in [-0.05, 0) is 67.9 Å². The number of carbonyl (C=O) groups is 2. The van der Waals surface area contributed by atoms with Crippen LogP contribution in [-0.4, -0.2) is 36.6 Å². The van der Waals surface area contributed by atoms with Crippen molar-refractivity contribution in [1.82, 2.24) is 10.3 Å². The minimum absolute atomic E-state index is 0.112. The van der Waals surface area contributed by atoms with Crippen LogP contribution >= 0.6 is 0 Å². The number of hydrogen-bond donors (Lipinski definition) is 1. The molecule has 1 aromatic heterocycles. The molecule has 7 heteroatoms. The van der Waals surface area contributed by atoms with Crippen LogP contribution in [-0.2, 0) is 22.4 Å². The average molecular weight is 503 g/mol. The molecule has 1 saturated carbocycles. The third-order valence-corrected chi connectivity index (χ3v) is 7.50.